The van der Waals surface area contributed by atoms with Crippen LogP contribution in [0.2, 0.25) is 0 Å². The summed E-state index contributed by atoms with van der Waals surface area (Å²) >= 11 is 6.80. The number of carbonyl (C=O) groups excluding carboxylic acids is 1. The highest BCUT2D eigenvalue weighted by molar-refractivity contribution is 9.13. The van der Waals surface area contributed by atoms with E-state index < -0.39 is 0 Å². The second kappa shape index (κ2) is 6.21. The fourth-order valence-corrected chi connectivity index (χ4v) is 1.80. The van der Waals surface area contributed by atoms with Gasteiger partial charge in [0.2, 0.25) is 0 Å². The largest absolute Gasteiger partial charge is 0.463 e. The molecule has 0 spiro atoms. The third-order valence-corrected chi connectivity index (χ3v) is 3.80. The van der Waals surface area contributed by atoms with Gasteiger partial charge in [-0.2, -0.15) is 0 Å². The molecule has 0 N–H and O–H groups in total. The first-order chi connectivity index (χ1) is 7.54. The van der Waals surface area contributed by atoms with Crippen molar-refractivity contribution in [2.24, 2.45) is 0 Å². The fourth-order valence-electron chi connectivity index (χ4n) is 1.16. The second-order valence-corrected chi connectivity index (χ2v) is 4.93. The molecule has 1 rings (SSSR count). The summed E-state index contributed by atoms with van der Waals surface area (Å²) < 4.78 is 6.84. The zero-order valence-corrected chi connectivity index (χ0v) is 12.3. The summed E-state index contributed by atoms with van der Waals surface area (Å²) in [6, 6.07) is 5.79. The lowest BCUT2D eigenvalue weighted by atomic mass is 10.1. The Balaban J connectivity index is 2.89. The molecule has 16 heavy (non-hydrogen) atoms. The Labute approximate surface area is 112 Å². The van der Waals surface area contributed by atoms with E-state index >= 15 is 0 Å². The number of esters is 1. The van der Waals surface area contributed by atoms with Crippen LogP contribution in [0.15, 0.2) is 32.7 Å². The first kappa shape index (κ1) is 13.5. The molecule has 0 heterocycles. The van der Waals surface area contributed by atoms with Crippen molar-refractivity contribution in [2.75, 3.05) is 6.61 Å². The normalized spacial score (nSPS) is 11.4. The number of hydrogen-bond acceptors (Lipinski definition) is 2. The van der Waals surface area contributed by atoms with Gasteiger partial charge in [-0.1, -0.05) is 6.07 Å². The molecule has 0 saturated heterocycles. The first-order valence-electron chi connectivity index (χ1n) is 4.85. The van der Waals surface area contributed by atoms with Gasteiger partial charge in [0.25, 0.3) is 0 Å². The van der Waals surface area contributed by atoms with Crippen molar-refractivity contribution in [3.63, 3.8) is 0 Å². The van der Waals surface area contributed by atoms with Crippen LogP contribution in [-0.2, 0) is 9.53 Å². The van der Waals surface area contributed by atoms with E-state index in [0.29, 0.717) is 12.2 Å². The summed E-state index contributed by atoms with van der Waals surface area (Å²) in [6.45, 7) is 3.93. The monoisotopic (exact) mass is 346 g/mol. The molecule has 0 saturated carbocycles. The van der Waals surface area contributed by atoms with Gasteiger partial charge in [-0.25, -0.2) is 4.79 Å². The van der Waals surface area contributed by atoms with Crippen molar-refractivity contribution in [1.82, 2.24) is 0 Å². The predicted molar refractivity (Wildman–Crippen MR) is 72.1 cm³/mol. The molecule has 0 amide bonds. The Morgan fingerprint density at radius 2 is 2.06 bits per heavy atom. The van der Waals surface area contributed by atoms with Crippen molar-refractivity contribution in [2.45, 2.75) is 13.8 Å². The minimum atomic E-state index is -0.276. The molecule has 0 aliphatic heterocycles. The number of ether oxygens (including phenoxy) is 1. The molecule has 0 radical (unpaired) electrons. The summed E-state index contributed by atoms with van der Waals surface area (Å²) in [5, 5.41) is 0. The van der Waals surface area contributed by atoms with Crippen LogP contribution < -0.4 is 0 Å². The lowest BCUT2D eigenvalue weighted by molar-refractivity contribution is -0.138. The number of rotatable bonds is 3. The molecule has 0 atom stereocenters. The van der Waals surface area contributed by atoms with Gasteiger partial charge in [0.05, 0.1) is 6.61 Å². The number of hydrogen-bond donors (Lipinski definition) is 0. The molecule has 0 aliphatic carbocycles. The molecular formula is C12H12Br2O2. The molecule has 0 fully saturated rings. The number of benzene rings is 1. The van der Waals surface area contributed by atoms with Crippen LogP contribution in [-0.4, -0.2) is 12.6 Å². The average molecular weight is 348 g/mol. The lowest BCUT2D eigenvalue weighted by Crippen LogP contribution is -2.04. The van der Waals surface area contributed by atoms with Crippen molar-refractivity contribution in [3.8, 4) is 0 Å². The van der Waals surface area contributed by atoms with Gasteiger partial charge in [0.1, 0.15) is 0 Å². The Bertz CT molecular complexity index is 425. The third-order valence-electron chi connectivity index (χ3n) is 1.92. The highest BCUT2D eigenvalue weighted by atomic mass is 79.9. The van der Waals surface area contributed by atoms with E-state index in [0.717, 1.165) is 14.5 Å². The lowest BCUT2D eigenvalue weighted by Gasteiger charge is -2.02. The van der Waals surface area contributed by atoms with Gasteiger partial charge in [-0.3, -0.25) is 0 Å². The second-order valence-electron chi connectivity index (χ2n) is 3.22. The Kier molecular flexibility index (Phi) is 5.22. The third kappa shape index (κ3) is 3.76. The highest BCUT2D eigenvalue weighted by Crippen LogP contribution is 2.24. The van der Waals surface area contributed by atoms with Crippen LogP contribution >= 0.6 is 31.9 Å². The minimum absolute atomic E-state index is 0.276. The van der Waals surface area contributed by atoms with Crippen molar-refractivity contribution >= 4 is 43.9 Å². The van der Waals surface area contributed by atoms with E-state index in [1.807, 2.05) is 18.2 Å². The summed E-state index contributed by atoms with van der Waals surface area (Å²) in [4.78, 5) is 11.4. The van der Waals surface area contributed by atoms with Crippen LogP contribution in [0.1, 0.15) is 19.4 Å². The van der Waals surface area contributed by atoms with Crippen molar-refractivity contribution in [1.29, 1.82) is 0 Å². The Morgan fingerprint density at radius 1 is 1.38 bits per heavy atom. The van der Waals surface area contributed by atoms with Crippen molar-refractivity contribution < 1.29 is 9.53 Å². The van der Waals surface area contributed by atoms with Gasteiger partial charge < -0.3 is 4.74 Å². The molecule has 0 unspecified atom stereocenters. The molecule has 0 bridgehead atoms. The molecule has 1 aromatic carbocycles. The van der Waals surface area contributed by atoms with E-state index in [1.54, 1.807) is 19.9 Å². The van der Waals surface area contributed by atoms with Gasteiger partial charge in [-0.05, 0) is 69.5 Å². The summed E-state index contributed by atoms with van der Waals surface area (Å²) in [5.74, 6) is -0.276. The molecule has 0 aromatic heterocycles. The summed E-state index contributed by atoms with van der Waals surface area (Å²) in [5.41, 5.74) is 1.55. The van der Waals surface area contributed by atoms with Gasteiger partial charge in [-0.15, -0.1) is 0 Å². The molecule has 86 valence electrons. The standard InChI is InChI=1S/C12H12Br2O2/c1-3-16-12(15)8(2)6-9-4-5-10(13)11(14)7-9/h4-7H,3H2,1-2H3/b8-6+. The summed E-state index contributed by atoms with van der Waals surface area (Å²) in [6.07, 6.45) is 1.80. The van der Waals surface area contributed by atoms with E-state index in [1.165, 1.54) is 0 Å². The molecule has 0 aliphatic rings. The fraction of sp³-hybridized carbons (Fsp3) is 0.250. The maximum absolute atomic E-state index is 11.4. The van der Waals surface area contributed by atoms with Crippen molar-refractivity contribution in [3.05, 3.63) is 38.3 Å². The topological polar surface area (TPSA) is 26.3 Å². The average Bonchev–Trinajstić information content (AvgIpc) is 2.24. The minimum Gasteiger partial charge on any atom is -0.463 e. The maximum Gasteiger partial charge on any atom is 0.333 e. The highest BCUT2D eigenvalue weighted by Gasteiger charge is 2.04. The van der Waals surface area contributed by atoms with Gasteiger partial charge in [0, 0.05) is 14.5 Å². The van der Waals surface area contributed by atoms with E-state index in [2.05, 4.69) is 31.9 Å². The zero-order valence-electron chi connectivity index (χ0n) is 9.09. The molecule has 2 nitrogen and oxygen atoms in total. The Hall–Kier alpha value is -0.610. The van der Waals surface area contributed by atoms with E-state index in [9.17, 15) is 4.79 Å². The van der Waals surface area contributed by atoms with Crippen LogP contribution in [0.25, 0.3) is 6.08 Å². The van der Waals surface area contributed by atoms with Crippen LogP contribution in [0.5, 0.6) is 0 Å². The van der Waals surface area contributed by atoms with Crippen LogP contribution in [0, 0.1) is 0 Å². The Morgan fingerprint density at radius 3 is 2.62 bits per heavy atom. The maximum atomic E-state index is 11.4. The van der Waals surface area contributed by atoms with Gasteiger partial charge >= 0.3 is 5.97 Å². The van der Waals surface area contributed by atoms with E-state index in [4.69, 9.17) is 4.74 Å². The SMILES string of the molecule is CCOC(=O)/C(C)=C/c1ccc(Br)c(Br)c1. The number of halogens is 2. The number of carbonyl (C=O) groups is 1. The summed E-state index contributed by atoms with van der Waals surface area (Å²) in [7, 11) is 0. The smallest absolute Gasteiger partial charge is 0.333 e. The molecule has 4 heteroatoms. The van der Waals surface area contributed by atoms with E-state index in [-0.39, 0.29) is 5.97 Å². The zero-order chi connectivity index (χ0) is 12.1. The molecule has 1 aromatic rings. The van der Waals surface area contributed by atoms with Crippen LogP contribution in [0.4, 0.5) is 0 Å². The van der Waals surface area contributed by atoms with Gasteiger partial charge in [0.15, 0.2) is 0 Å². The molecular weight excluding hydrogens is 336 g/mol. The van der Waals surface area contributed by atoms with Crippen LogP contribution in [0.3, 0.4) is 0 Å². The predicted octanol–water partition coefficient (Wildman–Crippen LogP) is 4.18. The first-order valence-corrected chi connectivity index (χ1v) is 6.43. The quantitative estimate of drug-likeness (QED) is 0.605.